The van der Waals surface area contributed by atoms with Gasteiger partial charge in [0.05, 0.1) is 0 Å². The monoisotopic (exact) mass is 513 g/mol. The fourth-order valence-electron chi connectivity index (χ4n) is 4.99. The van der Waals surface area contributed by atoms with Crippen molar-refractivity contribution in [2.75, 3.05) is 0 Å². The van der Waals surface area contributed by atoms with Crippen molar-refractivity contribution in [2.24, 2.45) is 0 Å². The van der Waals surface area contributed by atoms with Crippen LogP contribution in [0.2, 0.25) is 0 Å². The molecule has 0 aliphatic carbocycles. The molecule has 2 aromatic heterocycles. The van der Waals surface area contributed by atoms with Crippen LogP contribution in [0.5, 0.6) is 0 Å². The molecule has 0 bridgehead atoms. The maximum Gasteiger partial charge on any atom is 0.164 e. The molecule has 7 rings (SSSR count). The molecule has 0 radical (unpaired) electrons. The molecule has 0 unspecified atom stereocenters. The zero-order chi connectivity index (χ0) is 26.7. The SMILES string of the molecule is c1ccc(-c2nc(-c3ccccc3)nc(-c3ccc(-c4ccc5ccccc5c4-c4cncnc4)cc3)n2)cc1. The molecule has 0 N–H and O–H groups in total. The summed E-state index contributed by atoms with van der Waals surface area (Å²) in [4.78, 5) is 23.1. The van der Waals surface area contributed by atoms with Crippen molar-refractivity contribution in [2.45, 2.75) is 0 Å². The summed E-state index contributed by atoms with van der Waals surface area (Å²) >= 11 is 0. The molecular weight excluding hydrogens is 490 g/mol. The van der Waals surface area contributed by atoms with E-state index in [0.29, 0.717) is 17.5 Å². The standard InChI is InChI=1S/C35H23N5/c1-3-10-26(11-4-1)33-38-34(27-12-5-2-6-13-27)40-35(39-33)28-17-15-25(16-18-28)31-20-19-24-9-7-8-14-30(24)32(31)29-21-36-23-37-22-29/h1-23H. The van der Waals surface area contributed by atoms with Crippen LogP contribution in [-0.2, 0) is 0 Å². The molecule has 0 aliphatic heterocycles. The van der Waals surface area contributed by atoms with E-state index in [4.69, 9.17) is 15.0 Å². The topological polar surface area (TPSA) is 64.5 Å². The van der Waals surface area contributed by atoms with E-state index in [1.54, 1.807) is 6.33 Å². The van der Waals surface area contributed by atoms with Crippen LogP contribution in [0.25, 0.3) is 67.2 Å². The maximum absolute atomic E-state index is 4.87. The van der Waals surface area contributed by atoms with Crippen molar-refractivity contribution in [3.8, 4) is 56.4 Å². The molecule has 2 heterocycles. The minimum absolute atomic E-state index is 0.634. The largest absolute Gasteiger partial charge is 0.244 e. The summed E-state index contributed by atoms with van der Waals surface area (Å²) in [6.45, 7) is 0. The third-order valence-corrected chi connectivity index (χ3v) is 6.93. The summed E-state index contributed by atoms with van der Waals surface area (Å²) in [5, 5.41) is 2.34. The summed E-state index contributed by atoms with van der Waals surface area (Å²) in [6.07, 6.45) is 5.30. The van der Waals surface area contributed by atoms with Gasteiger partial charge in [-0.25, -0.2) is 24.9 Å². The first-order valence-corrected chi connectivity index (χ1v) is 13.1. The van der Waals surface area contributed by atoms with E-state index in [9.17, 15) is 0 Å². The van der Waals surface area contributed by atoms with Gasteiger partial charge in [0, 0.05) is 40.2 Å². The minimum Gasteiger partial charge on any atom is -0.244 e. The number of aromatic nitrogens is 5. The number of rotatable bonds is 5. The zero-order valence-corrected chi connectivity index (χ0v) is 21.5. The van der Waals surface area contributed by atoms with Crippen LogP contribution in [0.4, 0.5) is 0 Å². The van der Waals surface area contributed by atoms with Gasteiger partial charge in [0.25, 0.3) is 0 Å². The van der Waals surface area contributed by atoms with E-state index in [1.807, 2.05) is 73.1 Å². The number of fused-ring (bicyclic) bond motifs is 1. The molecule has 188 valence electrons. The summed E-state index contributed by atoms with van der Waals surface area (Å²) in [5.74, 6) is 1.93. The van der Waals surface area contributed by atoms with Gasteiger partial charge in [-0.05, 0) is 21.9 Å². The number of hydrogen-bond acceptors (Lipinski definition) is 5. The summed E-state index contributed by atoms with van der Waals surface area (Å²) in [7, 11) is 0. The van der Waals surface area contributed by atoms with Crippen LogP contribution in [0, 0.1) is 0 Å². The Labute approximate surface area is 231 Å². The smallest absolute Gasteiger partial charge is 0.164 e. The van der Waals surface area contributed by atoms with Crippen LogP contribution in [0.3, 0.4) is 0 Å². The lowest BCUT2D eigenvalue weighted by atomic mass is 9.90. The quantitative estimate of drug-likeness (QED) is 0.232. The van der Waals surface area contributed by atoms with E-state index in [-0.39, 0.29) is 0 Å². The first-order valence-electron chi connectivity index (χ1n) is 13.1. The zero-order valence-electron chi connectivity index (χ0n) is 21.5. The first-order chi connectivity index (χ1) is 19.8. The van der Waals surface area contributed by atoms with Crippen LogP contribution in [0.15, 0.2) is 140 Å². The maximum atomic E-state index is 4.87. The van der Waals surface area contributed by atoms with Gasteiger partial charge in [-0.15, -0.1) is 0 Å². The normalized spacial score (nSPS) is 11.0. The Hall–Kier alpha value is -5.55. The Morgan fingerprint density at radius 3 is 1.48 bits per heavy atom. The van der Waals surface area contributed by atoms with Gasteiger partial charge in [0.15, 0.2) is 17.5 Å². The van der Waals surface area contributed by atoms with Gasteiger partial charge in [0.2, 0.25) is 0 Å². The van der Waals surface area contributed by atoms with Crippen molar-refractivity contribution in [3.63, 3.8) is 0 Å². The molecule has 0 aliphatic rings. The summed E-state index contributed by atoms with van der Waals surface area (Å²) in [6, 6.07) is 41.2. The fourth-order valence-corrected chi connectivity index (χ4v) is 4.99. The summed E-state index contributed by atoms with van der Waals surface area (Å²) < 4.78 is 0. The van der Waals surface area contributed by atoms with Crippen molar-refractivity contribution in [1.82, 2.24) is 24.9 Å². The highest BCUT2D eigenvalue weighted by Gasteiger charge is 2.15. The van der Waals surface area contributed by atoms with Crippen molar-refractivity contribution in [1.29, 1.82) is 0 Å². The first kappa shape index (κ1) is 23.6. The lowest BCUT2D eigenvalue weighted by molar-refractivity contribution is 1.07. The number of nitrogens with zero attached hydrogens (tertiary/aromatic N) is 5. The Balaban J connectivity index is 1.35. The molecule has 7 aromatic rings. The molecule has 0 saturated carbocycles. The predicted octanol–water partition coefficient (Wildman–Crippen LogP) is 8.15. The lowest BCUT2D eigenvalue weighted by Gasteiger charge is -2.14. The number of benzene rings is 5. The third kappa shape index (κ3) is 4.50. The molecule has 40 heavy (non-hydrogen) atoms. The van der Waals surface area contributed by atoms with Gasteiger partial charge in [-0.2, -0.15) is 0 Å². The molecule has 0 fully saturated rings. The fraction of sp³-hybridized carbons (Fsp3) is 0. The minimum atomic E-state index is 0.634. The van der Waals surface area contributed by atoms with E-state index >= 15 is 0 Å². The van der Waals surface area contributed by atoms with Gasteiger partial charge in [-0.1, -0.05) is 121 Å². The van der Waals surface area contributed by atoms with Gasteiger partial charge in [-0.3, -0.25) is 0 Å². The highest BCUT2D eigenvalue weighted by Crippen LogP contribution is 2.38. The molecule has 0 saturated heterocycles. The average Bonchev–Trinajstić information content (AvgIpc) is 3.05. The molecule has 5 aromatic carbocycles. The number of hydrogen-bond donors (Lipinski definition) is 0. The second-order valence-electron chi connectivity index (χ2n) is 9.45. The summed E-state index contributed by atoms with van der Waals surface area (Å²) in [5.41, 5.74) is 7.13. The van der Waals surface area contributed by atoms with E-state index < -0.39 is 0 Å². The van der Waals surface area contributed by atoms with Crippen LogP contribution in [-0.4, -0.2) is 24.9 Å². The Morgan fingerprint density at radius 2 is 0.875 bits per heavy atom. The average molecular weight is 514 g/mol. The van der Waals surface area contributed by atoms with Gasteiger partial charge in [0.1, 0.15) is 6.33 Å². The molecule has 0 atom stereocenters. The molecule has 5 nitrogen and oxygen atoms in total. The highest BCUT2D eigenvalue weighted by molar-refractivity contribution is 6.04. The predicted molar refractivity (Wildman–Crippen MR) is 160 cm³/mol. The van der Waals surface area contributed by atoms with Crippen LogP contribution >= 0.6 is 0 Å². The van der Waals surface area contributed by atoms with E-state index in [1.165, 1.54) is 5.39 Å². The molecule has 5 heteroatoms. The Kier molecular flexibility index (Phi) is 6.07. The third-order valence-electron chi connectivity index (χ3n) is 6.93. The van der Waals surface area contributed by atoms with Gasteiger partial charge >= 0.3 is 0 Å². The molecule has 0 amide bonds. The van der Waals surface area contributed by atoms with Crippen molar-refractivity contribution >= 4 is 10.8 Å². The van der Waals surface area contributed by atoms with Crippen LogP contribution in [0.1, 0.15) is 0 Å². The van der Waals surface area contributed by atoms with Crippen LogP contribution < -0.4 is 0 Å². The second-order valence-corrected chi connectivity index (χ2v) is 9.45. The van der Waals surface area contributed by atoms with Gasteiger partial charge < -0.3 is 0 Å². The highest BCUT2D eigenvalue weighted by atomic mass is 15.0. The van der Waals surface area contributed by atoms with Crippen molar-refractivity contribution in [3.05, 3.63) is 140 Å². The Morgan fingerprint density at radius 1 is 0.375 bits per heavy atom. The Bertz CT molecular complexity index is 1860. The lowest BCUT2D eigenvalue weighted by Crippen LogP contribution is -2.00. The second kappa shape index (κ2) is 10.3. The van der Waals surface area contributed by atoms with E-state index in [2.05, 4.69) is 70.6 Å². The van der Waals surface area contributed by atoms with Crippen molar-refractivity contribution < 1.29 is 0 Å². The molecular formula is C35H23N5. The molecule has 0 spiro atoms. The van der Waals surface area contributed by atoms with E-state index in [0.717, 1.165) is 44.3 Å².